The van der Waals surface area contributed by atoms with Gasteiger partial charge in [0.2, 0.25) is 0 Å². The topological polar surface area (TPSA) is 65.0 Å². The zero-order valence-electron chi connectivity index (χ0n) is 10.5. The number of hydrogen-bond acceptors (Lipinski definition) is 4. The molecule has 1 rings (SSSR count). The van der Waals surface area contributed by atoms with E-state index in [1.807, 2.05) is 20.8 Å². The highest BCUT2D eigenvalue weighted by atomic mass is 31.2. The number of rotatable bonds is 6. The van der Waals surface area contributed by atoms with Gasteiger partial charge in [0.25, 0.3) is 0 Å². The van der Waals surface area contributed by atoms with Crippen molar-refractivity contribution in [1.29, 1.82) is 0 Å². The summed E-state index contributed by atoms with van der Waals surface area (Å²) in [7, 11) is -0.720. The summed E-state index contributed by atoms with van der Waals surface area (Å²) in [5.41, 5.74) is 0. The third kappa shape index (κ3) is 4.94. The van der Waals surface area contributed by atoms with Gasteiger partial charge in [0, 0.05) is 19.6 Å². The van der Waals surface area contributed by atoms with Gasteiger partial charge in [-0.05, 0) is 19.2 Å². The molecule has 0 aromatic rings. The van der Waals surface area contributed by atoms with E-state index in [0.29, 0.717) is 25.5 Å². The Labute approximate surface area is 103 Å². The van der Waals surface area contributed by atoms with Crippen LogP contribution in [-0.2, 0) is 18.3 Å². The molecule has 0 spiro atoms. The molecule has 4 unspecified atom stereocenters. The molecule has 7 heteroatoms. The van der Waals surface area contributed by atoms with Crippen LogP contribution in [0.15, 0.2) is 12.2 Å². The summed E-state index contributed by atoms with van der Waals surface area (Å²) in [4.78, 5) is 9.35. The quantitative estimate of drug-likeness (QED) is 0.442. The van der Waals surface area contributed by atoms with Gasteiger partial charge in [-0.1, -0.05) is 12.2 Å². The molecule has 98 valence electrons. The molecule has 0 heterocycles. The number of allylic oxidation sites excluding steroid dienone is 1. The SMILES string of the molecule is BC1C=CC(COCC)C(OP(=O)(O)OC)C1. The summed E-state index contributed by atoms with van der Waals surface area (Å²) in [6.07, 6.45) is 4.43. The second-order valence-electron chi connectivity index (χ2n) is 4.22. The van der Waals surface area contributed by atoms with Crippen molar-refractivity contribution >= 4 is 15.7 Å². The van der Waals surface area contributed by atoms with Crippen LogP contribution >= 0.6 is 7.82 Å². The van der Waals surface area contributed by atoms with Crippen molar-refractivity contribution in [2.45, 2.75) is 25.3 Å². The molecule has 0 aromatic carbocycles. The number of phosphoric acid groups is 1. The van der Waals surface area contributed by atoms with Crippen molar-refractivity contribution in [1.82, 2.24) is 0 Å². The summed E-state index contributed by atoms with van der Waals surface area (Å²) in [6.45, 7) is 3.03. The highest BCUT2D eigenvalue weighted by molar-refractivity contribution is 7.47. The minimum Gasteiger partial charge on any atom is -0.381 e. The largest absolute Gasteiger partial charge is 0.472 e. The first-order valence-corrected chi connectivity index (χ1v) is 7.31. The predicted octanol–water partition coefficient (Wildman–Crippen LogP) is 1.15. The standard InChI is InChI=1S/C10H20BO5P/c1-3-15-7-8-4-5-9(11)6-10(8)16-17(12,13)14-2/h4-5,8-10H,3,6-7,11H2,1-2H3,(H,12,13). The minimum atomic E-state index is -3.93. The molecule has 17 heavy (non-hydrogen) atoms. The van der Waals surface area contributed by atoms with E-state index in [1.54, 1.807) is 0 Å². The molecule has 0 amide bonds. The fourth-order valence-corrected chi connectivity index (χ4v) is 2.50. The molecule has 0 saturated heterocycles. The molecule has 0 aliphatic heterocycles. The van der Waals surface area contributed by atoms with Crippen molar-refractivity contribution in [3.8, 4) is 0 Å². The first kappa shape index (κ1) is 14.9. The van der Waals surface area contributed by atoms with Gasteiger partial charge in [-0.25, -0.2) is 4.57 Å². The van der Waals surface area contributed by atoms with Crippen LogP contribution in [0.2, 0.25) is 5.82 Å². The second-order valence-corrected chi connectivity index (χ2v) is 5.73. The minimum absolute atomic E-state index is 0.00164. The van der Waals surface area contributed by atoms with E-state index in [2.05, 4.69) is 10.6 Å². The van der Waals surface area contributed by atoms with Gasteiger partial charge >= 0.3 is 7.82 Å². The Morgan fingerprint density at radius 1 is 1.53 bits per heavy atom. The molecule has 1 aliphatic rings. The number of ether oxygens (including phenoxy) is 1. The maximum absolute atomic E-state index is 11.4. The van der Waals surface area contributed by atoms with E-state index in [-0.39, 0.29) is 12.0 Å². The molecule has 0 aromatic heterocycles. The normalized spacial score (nSPS) is 32.3. The van der Waals surface area contributed by atoms with Crippen LogP contribution in [0.4, 0.5) is 0 Å². The molecule has 5 nitrogen and oxygen atoms in total. The molecule has 0 saturated carbocycles. The Morgan fingerprint density at radius 2 is 2.24 bits per heavy atom. The Balaban J connectivity index is 2.65. The zero-order valence-corrected chi connectivity index (χ0v) is 11.4. The lowest BCUT2D eigenvalue weighted by atomic mass is 9.75. The van der Waals surface area contributed by atoms with Crippen molar-refractivity contribution in [2.24, 2.45) is 5.92 Å². The highest BCUT2D eigenvalue weighted by Gasteiger charge is 2.32. The Morgan fingerprint density at radius 3 is 2.82 bits per heavy atom. The van der Waals surface area contributed by atoms with E-state index in [4.69, 9.17) is 9.26 Å². The van der Waals surface area contributed by atoms with E-state index >= 15 is 0 Å². The van der Waals surface area contributed by atoms with E-state index < -0.39 is 7.82 Å². The Kier molecular flexibility index (Phi) is 5.90. The van der Waals surface area contributed by atoms with Gasteiger partial charge in [-0.15, -0.1) is 0 Å². The van der Waals surface area contributed by atoms with Crippen molar-refractivity contribution in [3.05, 3.63) is 12.2 Å². The van der Waals surface area contributed by atoms with Crippen LogP contribution in [0, 0.1) is 5.92 Å². The van der Waals surface area contributed by atoms with E-state index in [0.717, 1.165) is 0 Å². The number of hydrogen-bond donors (Lipinski definition) is 1. The molecular formula is C10H20BO5P. The highest BCUT2D eigenvalue weighted by Crippen LogP contribution is 2.46. The fourth-order valence-electron chi connectivity index (χ4n) is 1.83. The van der Waals surface area contributed by atoms with Crippen LogP contribution in [0.1, 0.15) is 13.3 Å². The molecular weight excluding hydrogens is 242 g/mol. The Hall–Kier alpha value is -0.125. The van der Waals surface area contributed by atoms with Gasteiger partial charge in [-0.2, -0.15) is 0 Å². The smallest absolute Gasteiger partial charge is 0.381 e. The fraction of sp³-hybridized carbons (Fsp3) is 0.800. The monoisotopic (exact) mass is 262 g/mol. The maximum Gasteiger partial charge on any atom is 0.472 e. The van der Waals surface area contributed by atoms with Crippen LogP contribution in [-0.4, -0.2) is 39.2 Å². The molecule has 0 bridgehead atoms. The molecule has 0 fully saturated rings. The van der Waals surface area contributed by atoms with E-state index in [1.165, 1.54) is 7.11 Å². The number of phosphoric ester groups is 1. The zero-order chi connectivity index (χ0) is 12.9. The average Bonchev–Trinajstić information content (AvgIpc) is 2.28. The lowest BCUT2D eigenvalue weighted by molar-refractivity contribution is 0.0374. The third-order valence-electron chi connectivity index (χ3n) is 2.78. The molecule has 4 atom stereocenters. The molecule has 0 radical (unpaired) electrons. The Bertz CT molecular complexity index is 309. The van der Waals surface area contributed by atoms with Gasteiger partial charge < -0.3 is 9.63 Å². The second kappa shape index (κ2) is 6.71. The molecule has 1 aliphatic carbocycles. The van der Waals surface area contributed by atoms with Crippen LogP contribution in [0.3, 0.4) is 0 Å². The van der Waals surface area contributed by atoms with Gasteiger partial charge in [0.1, 0.15) is 7.85 Å². The predicted molar refractivity (Wildman–Crippen MR) is 67.7 cm³/mol. The average molecular weight is 262 g/mol. The van der Waals surface area contributed by atoms with Crippen molar-refractivity contribution in [2.75, 3.05) is 20.3 Å². The maximum atomic E-state index is 11.4. The van der Waals surface area contributed by atoms with Gasteiger partial charge in [0.05, 0.1) is 12.7 Å². The van der Waals surface area contributed by atoms with Gasteiger partial charge in [-0.3, -0.25) is 9.05 Å². The summed E-state index contributed by atoms with van der Waals surface area (Å²) in [5.74, 6) is 0.330. The summed E-state index contributed by atoms with van der Waals surface area (Å²) in [5, 5.41) is 0. The third-order valence-corrected chi connectivity index (χ3v) is 3.78. The van der Waals surface area contributed by atoms with Gasteiger partial charge in [0.15, 0.2) is 0 Å². The first-order chi connectivity index (χ1) is 7.98. The van der Waals surface area contributed by atoms with Crippen LogP contribution < -0.4 is 0 Å². The lowest BCUT2D eigenvalue weighted by Crippen LogP contribution is -2.30. The molecule has 1 N–H and O–H groups in total. The van der Waals surface area contributed by atoms with E-state index in [9.17, 15) is 9.46 Å². The van der Waals surface area contributed by atoms with Crippen molar-refractivity contribution in [3.63, 3.8) is 0 Å². The lowest BCUT2D eigenvalue weighted by Gasteiger charge is -2.30. The first-order valence-electron chi connectivity index (χ1n) is 5.81. The summed E-state index contributed by atoms with van der Waals surface area (Å²) in [6, 6.07) is 0. The van der Waals surface area contributed by atoms with Crippen molar-refractivity contribution < 1.29 is 23.2 Å². The summed E-state index contributed by atoms with van der Waals surface area (Å²) < 4.78 is 26.4. The van der Waals surface area contributed by atoms with Crippen LogP contribution in [0.5, 0.6) is 0 Å². The summed E-state index contributed by atoms with van der Waals surface area (Å²) >= 11 is 0. The van der Waals surface area contributed by atoms with Crippen LogP contribution in [0.25, 0.3) is 0 Å².